The van der Waals surface area contributed by atoms with E-state index in [0.29, 0.717) is 6.54 Å². The molecule has 0 aliphatic carbocycles. The first-order valence-electron chi connectivity index (χ1n) is 8.62. The molecule has 1 aliphatic heterocycles. The normalized spacial score (nSPS) is 14.7. The number of halogens is 2. The summed E-state index contributed by atoms with van der Waals surface area (Å²) in [5.41, 5.74) is 1.11. The van der Waals surface area contributed by atoms with Gasteiger partial charge in [-0.25, -0.2) is 4.99 Å². The van der Waals surface area contributed by atoms with Gasteiger partial charge in [0.2, 0.25) is 5.91 Å². The van der Waals surface area contributed by atoms with E-state index < -0.39 is 0 Å². The number of carbonyl (C=O) groups is 1. The molecule has 1 aromatic carbocycles. The van der Waals surface area contributed by atoms with Crippen LogP contribution < -0.4 is 5.32 Å². The summed E-state index contributed by atoms with van der Waals surface area (Å²) in [6.07, 6.45) is 3.42. The van der Waals surface area contributed by atoms with E-state index in [0.717, 1.165) is 49.0 Å². The second kappa shape index (κ2) is 11.6. The molecule has 1 amide bonds. The van der Waals surface area contributed by atoms with Gasteiger partial charge in [-0.15, -0.1) is 24.0 Å². The molecular formula is C18H28ClIN4O. The van der Waals surface area contributed by atoms with E-state index in [-0.39, 0.29) is 36.4 Å². The highest BCUT2D eigenvalue weighted by Crippen LogP contribution is 2.12. The number of piperidine rings is 1. The molecule has 1 N–H and O–H groups in total. The smallest absolute Gasteiger partial charge is 0.244 e. The van der Waals surface area contributed by atoms with Gasteiger partial charge in [0, 0.05) is 38.2 Å². The van der Waals surface area contributed by atoms with Gasteiger partial charge in [0.1, 0.15) is 6.54 Å². The molecule has 7 heteroatoms. The standard InChI is InChI=1S/C18H27ClN4O.HI/c1-3-20-18(21-13-17(24)23-10-5-4-6-11-23)22(2)14-15-8-7-9-16(19)12-15;/h7-9,12H,3-6,10-11,13-14H2,1-2H3,(H,20,21);1H. The Bertz CT molecular complexity index is 576. The number of carbonyl (C=O) groups excluding carboxylic acids is 1. The molecule has 1 saturated heterocycles. The number of hydrogen-bond donors (Lipinski definition) is 1. The second-order valence-electron chi connectivity index (χ2n) is 6.10. The van der Waals surface area contributed by atoms with Crippen molar-refractivity contribution in [2.45, 2.75) is 32.7 Å². The van der Waals surface area contributed by atoms with Crippen LogP contribution in [0.4, 0.5) is 0 Å². The summed E-state index contributed by atoms with van der Waals surface area (Å²) in [4.78, 5) is 20.7. The van der Waals surface area contributed by atoms with E-state index in [1.807, 2.05) is 48.0 Å². The first kappa shape index (κ1) is 22.0. The number of nitrogens with zero attached hydrogens (tertiary/aromatic N) is 3. The highest BCUT2D eigenvalue weighted by molar-refractivity contribution is 14.0. The fraction of sp³-hybridized carbons (Fsp3) is 0.556. The number of amides is 1. The SMILES string of the molecule is CCNC(=NCC(=O)N1CCCCC1)N(C)Cc1cccc(Cl)c1.I. The topological polar surface area (TPSA) is 47.9 Å². The summed E-state index contributed by atoms with van der Waals surface area (Å²) in [5.74, 6) is 0.851. The molecule has 0 saturated carbocycles. The number of nitrogens with one attached hydrogen (secondary N) is 1. The lowest BCUT2D eigenvalue weighted by Gasteiger charge is -2.27. The molecule has 0 spiro atoms. The number of rotatable bonds is 5. The lowest BCUT2D eigenvalue weighted by atomic mass is 10.1. The van der Waals surface area contributed by atoms with Gasteiger partial charge in [-0.3, -0.25) is 4.79 Å². The molecule has 1 aromatic rings. The minimum absolute atomic E-state index is 0. The summed E-state index contributed by atoms with van der Waals surface area (Å²) in [6, 6.07) is 7.78. The number of guanidine groups is 1. The van der Waals surface area contributed by atoms with Crippen molar-refractivity contribution in [2.75, 3.05) is 33.2 Å². The summed E-state index contributed by atoms with van der Waals surface area (Å²) >= 11 is 6.04. The monoisotopic (exact) mass is 478 g/mol. The summed E-state index contributed by atoms with van der Waals surface area (Å²) in [7, 11) is 1.97. The molecule has 0 bridgehead atoms. The van der Waals surface area contributed by atoms with Crippen LogP contribution >= 0.6 is 35.6 Å². The summed E-state index contributed by atoms with van der Waals surface area (Å²) in [5, 5.41) is 3.97. The van der Waals surface area contributed by atoms with Crippen LogP contribution in [-0.2, 0) is 11.3 Å². The van der Waals surface area contributed by atoms with Gasteiger partial charge in [0.25, 0.3) is 0 Å². The Morgan fingerprint density at radius 2 is 2.04 bits per heavy atom. The molecule has 0 aromatic heterocycles. The van der Waals surface area contributed by atoms with Gasteiger partial charge in [0.05, 0.1) is 0 Å². The first-order chi connectivity index (χ1) is 11.6. The largest absolute Gasteiger partial charge is 0.357 e. The van der Waals surface area contributed by atoms with Crippen molar-refractivity contribution in [3.8, 4) is 0 Å². The Balaban J connectivity index is 0.00000312. The van der Waals surface area contributed by atoms with Gasteiger partial charge in [-0.2, -0.15) is 0 Å². The third-order valence-corrected chi connectivity index (χ3v) is 4.31. The molecule has 1 fully saturated rings. The van der Waals surface area contributed by atoms with E-state index >= 15 is 0 Å². The molecule has 0 radical (unpaired) electrons. The number of benzene rings is 1. The van der Waals surface area contributed by atoms with Gasteiger partial charge in [-0.1, -0.05) is 23.7 Å². The number of hydrogen-bond acceptors (Lipinski definition) is 2. The average Bonchev–Trinajstić information content (AvgIpc) is 2.59. The Morgan fingerprint density at radius 3 is 2.68 bits per heavy atom. The lowest BCUT2D eigenvalue weighted by molar-refractivity contribution is -0.130. The van der Waals surface area contributed by atoms with E-state index in [9.17, 15) is 4.79 Å². The fourth-order valence-electron chi connectivity index (χ4n) is 2.84. The van der Waals surface area contributed by atoms with Crippen molar-refractivity contribution in [1.29, 1.82) is 0 Å². The van der Waals surface area contributed by atoms with Crippen LogP contribution in [0.3, 0.4) is 0 Å². The van der Waals surface area contributed by atoms with Crippen molar-refractivity contribution in [1.82, 2.24) is 15.1 Å². The molecule has 0 atom stereocenters. The summed E-state index contributed by atoms with van der Waals surface area (Å²) in [6.45, 7) is 5.39. The fourth-order valence-corrected chi connectivity index (χ4v) is 3.05. The van der Waals surface area contributed by atoms with Crippen LogP contribution in [0.25, 0.3) is 0 Å². The highest BCUT2D eigenvalue weighted by Gasteiger charge is 2.16. The van der Waals surface area contributed by atoms with Crippen molar-refractivity contribution >= 4 is 47.4 Å². The molecule has 0 unspecified atom stereocenters. The molecule has 25 heavy (non-hydrogen) atoms. The van der Waals surface area contributed by atoms with Crippen LogP contribution in [0.1, 0.15) is 31.7 Å². The maximum atomic E-state index is 12.3. The Labute approximate surface area is 172 Å². The third-order valence-electron chi connectivity index (χ3n) is 4.08. The second-order valence-corrected chi connectivity index (χ2v) is 6.53. The first-order valence-corrected chi connectivity index (χ1v) is 8.99. The number of likely N-dealkylation sites (tertiary alicyclic amines) is 1. The minimum atomic E-state index is 0. The van der Waals surface area contributed by atoms with Crippen LogP contribution in [-0.4, -0.2) is 54.9 Å². The molecule has 2 rings (SSSR count). The van der Waals surface area contributed by atoms with Crippen LogP contribution in [0.2, 0.25) is 5.02 Å². The van der Waals surface area contributed by atoms with Gasteiger partial charge < -0.3 is 15.1 Å². The highest BCUT2D eigenvalue weighted by atomic mass is 127. The van der Waals surface area contributed by atoms with Gasteiger partial charge >= 0.3 is 0 Å². The van der Waals surface area contributed by atoms with Crippen molar-refractivity contribution in [3.63, 3.8) is 0 Å². The zero-order valence-electron chi connectivity index (χ0n) is 15.0. The minimum Gasteiger partial charge on any atom is -0.357 e. The zero-order chi connectivity index (χ0) is 17.4. The molecule has 1 aliphatic rings. The maximum Gasteiger partial charge on any atom is 0.244 e. The zero-order valence-corrected chi connectivity index (χ0v) is 18.1. The molecular weight excluding hydrogens is 451 g/mol. The summed E-state index contributed by atoms with van der Waals surface area (Å²) < 4.78 is 0. The van der Waals surface area contributed by atoms with E-state index in [1.165, 1.54) is 6.42 Å². The van der Waals surface area contributed by atoms with Crippen molar-refractivity contribution in [3.05, 3.63) is 34.9 Å². The molecule has 140 valence electrons. The van der Waals surface area contributed by atoms with Crippen molar-refractivity contribution < 1.29 is 4.79 Å². The maximum absolute atomic E-state index is 12.3. The van der Waals surface area contributed by atoms with E-state index in [1.54, 1.807) is 0 Å². The van der Waals surface area contributed by atoms with Crippen molar-refractivity contribution in [2.24, 2.45) is 4.99 Å². The molecule has 1 heterocycles. The molecule has 5 nitrogen and oxygen atoms in total. The van der Waals surface area contributed by atoms with Crippen LogP contribution in [0, 0.1) is 0 Å². The lowest BCUT2D eigenvalue weighted by Crippen LogP contribution is -2.41. The van der Waals surface area contributed by atoms with Crippen LogP contribution in [0.5, 0.6) is 0 Å². The quantitative estimate of drug-likeness (QED) is 0.401. The van der Waals surface area contributed by atoms with Gasteiger partial charge in [-0.05, 0) is 43.9 Å². The van der Waals surface area contributed by atoms with E-state index in [4.69, 9.17) is 11.6 Å². The van der Waals surface area contributed by atoms with E-state index in [2.05, 4.69) is 10.3 Å². The third kappa shape index (κ3) is 7.40. The Hall–Kier alpha value is -1.02. The predicted molar refractivity (Wildman–Crippen MR) is 115 cm³/mol. The van der Waals surface area contributed by atoms with Gasteiger partial charge in [0.15, 0.2) is 5.96 Å². The average molecular weight is 479 g/mol. The Kier molecular flexibility index (Phi) is 10.2. The number of aliphatic imine (C=N–C) groups is 1. The van der Waals surface area contributed by atoms with Crippen LogP contribution in [0.15, 0.2) is 29.3 Å². The Morgan fingerprint density at radius 1 is 1.32 bits per heavy atom. The predicted octanol–water partition coefficient (Wildman–Crippen LogP) is 3.37.